The maximum absolute atomic E-state index is 12.9. The standard InChI is InChI=1S/C18H19FN2O4/c19-14-3-1-12(2-4-14)15-11-20-16(25-15)5-6-17(22)21-9-7-13(8-10-21)18(23)24/h1-4,11,13H,5-10H2,(H,23,24). The molecule has 1 aromatic heterocycles. The van der Waals surface area contributed by atoms with Crippen molar-refractivity contribution in [2.24, 2.45) is 5.92 Å². The first kappa shape index (κ1) is 17.1. The minimum absolute atomic E-state index is 0.0228. The average molecular weight is 346 g/mol. The molecule has 7 heteroatoms. The molecule has 0 saturated carbocycles. The van der Waals surface area contributed by atoms with Crippen molar-refractivity contribution in [3.63, 3.8) is 0 Å². The summed E-state index contributed by atoms with van der Waals surface area (Å²) in [5, 5.41) is 8.98. The maximum atomic E-state index is 12.9. The largest absolute Gasteiger partial charge is 0.481 e. The molecule has 6 nitrogen and oxygen atoms in total. The Morgan fingerprint density at radius 3 is 2.56 bits per heavy atom. The van der Waals surface area contributed by atoms with Crippen LogP contribution >= 0.6 is 0 Å². The molecule has 1 N–H and O–H groups in total. The van der Waals surface area contributed by atoms with Gasteiger partial charge >= 0.3 is 5.97 Å². The summed E-state index contributed by atoms with van der Waals surface area (Å²) in [6.07, 6.45) is 3.19. The average Bonchev–Trinajstić information content (AvgIpc) is 3.09. The van der Waals surface area contributed by atoms with Crippen molar-refractivity contribution < 1.29 is 23.5 Å². The van der Waals surface area contributed by atoms with Crippen LogP contribution in [0.2, 0.25) is 0 Å². The number of carbonyl (C=O) groups excluding carboxylic acids is 1. The smallest absolute Gasteiger partial charge is 0.306 e. The number of likely N-dealkylation sites (tertiary alicyclic amines) is 1. The molecule has 1 amide bonds. The van der Waals surface area contributed by atoms with Gasteiger partial charge in [0.15, 0.2) is 11.7 Å². The lowest BCUT2D eigenvalue weighted by molar-refractivity contribution is -0.145. The van der Waals surface area contributed by atoms with Gasteiger partial charge in [0.1, 0.15) is 5.82 Å². The number of nitrogens with zero attached hydrogens (tertiary/aromatic N) is 2. The van der Waals surface area contributed by atoms with E-state index in [1.165, 1.54) is 12.1 Å². The van der Waals surface area contributed by atoms with E-state index < -0.39 is 5.97 Å². The van der Waals surface area contributed by atoms with Crippen molar-refractivity contribution >= 4 is 11.9 Å². The molecule has 0 atom stereocenters. The number of carboxylic acid groups (broad SMARTS) is 1. The van der Waals surface area contributed by atoms with Crippen LogP contribution in [-0.4, -0.2) is 40.0 Å². The highest BCUT2D eigenvalue weighted by Crippen LogP contribution is 2.22. The van der Waals surface area contributed by atoms with E-state index in [0.29, 0.717) is 44.0 Å². The molecule has 0 radical (unpaired) electrons. The van der Waals surface area contributed by atoms with Crippen molar-refractivity contribution in [2.75, 3.05) is 13.1 Å². The summed E-state index contributed by atoms with van der Waals surface area (Å²) in [6.45, 7) is 0.949. The summed E-state index contributed by atoms with van der Waals surface area (Å²) in [6, 6.07) is 5.92. The highest BCUT2D eigenvalue weighted by atomic mass is 19.1. The Hall–Kier alpha value is -2.70. The second-order valence-corrected chi connectivity index (χ2v) is 6.12. The number of hydrogen-bond donors (Lipinski definition) is 1. The van der Waals surface area contributed by atoms with Gasteiger partial charge in [-0.05, 0) is 37.1 Å². The van der Waals surface area contributed by atoms with Gasteiger partial charge < -0.3 is 14.4 Å². The van der Waals surface area contributed by atoms with E-state index in [1.807, 2.05) is 0 Å². The minimum Gasteiger partial charge on any atom is -0.481 e. The molecule has 0 spiro atoms. The molecule has 1 aliphatic rings. The van der Waals surface area contributed by atoms with Gasteiger partial charge in [-0.3, -0.25) is 9.59 Å². The molecule has 0 bridgehead atoms. The summed E-state index contributed by atoms with van der Waals surface area (Å²) < 4.78 is 18.6. The minimum atomic E-state index is -0.791. The number of aryl methyl sites for hydroxylation is 1. The van der Waals surface area contributed by atoms with E-state index in [9.17, 15) is 14.0 Å². The monoisotopic (exact) mass is 346 g/mol. The molecule has 0 aliphatic carbocycles. The van der Waals surface area contributed by atoms with Crippen LogP contribution in [0.4, 0.5) is 4.39 Å². The fourth-order valence-corrected chi connectivity index (χ4v) is 2.92. The van der Waals surface area contributed by atoms with E-state index >= 15 is 0 Å². The first-order chi connectivity index (χ1) is 12.0. The van der Waals surface area contributed by atoms with Crippen molar-refractivity contribution in [2.45, 2.75) is 25.7 Å². The Balaban J connectivity index is 1.51. The SMILES string of the molecule is O=C(O)C1CCN(C(=O)CCc2ncc(-c3ccc(F)cc3)o2)CC1. The molecule has 1 aliphatic heterocycles. The fourth-order valence-electron chi connectivity index (χ4n) is 2.92. The molecule has 25 heavy (non-hydrogen) atoms. The van der Waals surface area contributed by atoms with Crippen LogP contribution in [-0.2, 0) is 16.0 Å². The highest BCUT2D eigenvalue weighted by Gasteiger charge is 2.26. The predicted molar refractivity (Wildman–Crippen MR) is 87.2 cm³/mol. The van der Waals surface area contributed by atoms with Crippen molar-refractivity contribution in [3.05, 3.63) is 42.2 Å². The molecule has 1 saturated heterocycles. The van der Waals surface area contributed by atoms with Gasteiger partial charge in [-0.25, -0.2) is 9.37 Å². The number of aromatic nitrogens is 1. The van der Waals surface area contributed by atoms with E-state index in [0.717, 1.165) is 5.56 Å². The molecule has 1 fully saturated rings. The Morgan fingerprint density at radius 2 is 1.92 bits per heavy atom. The molecule has 2 heterocycles. The maximum Gasteiger partial charge on any atom is 0.306 e. The van der Waals surface area contributed by atoms with E-state index in [4.69, 9.17) is 9.52 Å². The number of oxazole rings is 1. The van der Waals surface area contributed by atoms with Crippen molar-refractivity contribution in [1.82, 2.24) is 9.88 Å². The number of halogens is 1. The highest BCUT2D eigenvalue weighted by molar-refractivity contribution is 5.77. The zero-order valence-corrected chi connectivity index (χ0v) is 13.7. The summed E-state index contributed by atoms with van der Waals surface area (Å²) in [5.74, 6) is -0.502. The van der Waals surface area contributed by atoms with Gasteiger partial charge in [0.2, 0.25) is 5.91 Å². The number of amides is 1. The number of carboxylic acids is 1. The lowest BCUT2D eigenvalue weighted by Crippen LogP contribution is -2.40. The topological polar surface area (TPSA) is 83.6 Å². The number of piperidine rings is 1. The van der Waals surface area contributed by atoms with Crippen LogP contribution in [0.5, 0.6) is 0 Å². The van der Waals surface area contributed by atoms with Gasteiger partial charge in [-0.1, -0.05) is 0 Å². The Bertz CT molecular complexity index is 749. The van der Waals surface area contributed by atoms with E-state index in [-0.39, 0.29) is 24.1 Å². The van der Waals surface area contributed by atoms with Gasteiger partial charge in [-0.2, -0.15) is 0 Å². The van der Waals surface area contributed by atoms with Crippen molar-refractivity contribution in [3.8, 4) is 11.3 Å². The molecule has 1 aromatic carbocycles. The summed E-state index contributed by atoms with van der Waals surface area (Å²) in [5.41, 5.74) is 0.724. The van der Waals surface area contributed by atoms with Gasteiger partial charge in [-0.15, -0.1) is 0 Å². The number of rotatable bonds is 5. The summed E-state index contributed by atoms with van der Waals surface area (Å²) >= 11 is 0. The first-order valence-corrected chi connectivity index (χ1v) is 8.24. The lowest BCUT2D eigenvalue weighted by Gasteiger charge is -2.30. The third-order valence-corrected chi connectivity index (χ3v) is 4.43. The van der Waals surface area contributed by atoms with Crippen LogP contribution in [0.25, 0.3) is 11.3 Å². The van der Waals surface area contributed by atoms with Crippen LogP contribution < -0.4 is 0 Å². The predicted octanol–water partition coefficient (Wildman–Crippen LogP) is 2.74. The third-order valence-electron chi connectivity index (χ3n) is 4.43. The molecular weight excluding hydrogens is 327 g/mol. The second kappa shape index (κ2) is 7.46. The van der Waals surface area contributed by atoms with Crippen LogP contribution in [0.1, 0.15) is 25.2 Å². The third kappa shape index (κ3) is 4.23. The zero-order chi connectivity index (χ0) is 17.8. The molecule has 132 valence electrons. The Morgan fingerprint density at radius 1 is 1.24 bits per heavy atom. The number of hydrogen-bond acceptors (Lipinski definition) is 4. The van der Waals surface area contributed by atoms with Crippen LogP contribution in [0.15, 0.2) is 34.9 Å². The number of benzene rings is 1. The Kier molecular flexibility index (Phi) is 5.11. The summed E-state index contributed by atoms with van der Waals surface area (Å²) in [7, 11) is 0. The van der Waals surface area contributed by atoms with Gasteiger partial charge in [0, 0.05) is 31.5 Å². The second-order valence-electron chi connectivity index (χ2n) is 6.12. The molecule has 2 aromatic rings. The van der Waals surface area contributed by atoms with Crippen LogP contribution in [0, 0.1) is 11.7 Å². The fraction of sp³-hybridized carbons (Fsp3) is 0.389. The molecule has 0 unspecified atom stereocenters. The molecular formula is C18H19FN2O4. The zero-order valence-electron chi connectivity index (χ0n) is 13.7. The van der Waals surface area contributed by atoms with E-state index in [1.54, 1.807) is 23.2 Å². The van der Waals surface area contributed by atoms with E-state index in [2.05, 4.69) is 4.98 Å². The normalized spacial score (nSPS) is 15.3. The molecule has 3 rings (SSSR count). The van der Waals surface area contributed by atoms with Crippen LogP contribution in [0.3, 0.4) is 0 Å². The Labute approximate surface area is 144 Å². The van der Waals surface area contributed by atoms with Gasteiger partial charge in [0.05, 0.1) is 12.1 Å². The summed E-state index contributed by atoms with van der Waals surface area (Å²) in [4.78, 5) is 29.0. The number of aliphatic carboxylic acids is 1. The first-order valence-electron chi connectivity index (χ1n) is 8.24. The lowest BCUT2D eigenvalue weighted by atomic mass is 9.97. The number of carbonyl (C=O) groups is 2. The van der Waals surface area contributed by atoms with Crippen molar-refractivity contribution in [1.29, 1.82) is 0 Å². The quantitative estimate of drug-likeness (QED) is 0.900. The van der Waals surface area contributed by atoms with Gasteiger partial charge in [0.25, 0.3) is 0 Å².